The van der Waals surface area contributed by atoms with Gasteiger partial charge in [-0.15, -0.1) is 0 Å². The molecule has 136 valence electrons. The molecule has 0 bridgehead atoms. The lowest BCUT2D eigenvalue weighted by molar-refractivity contribution is -0.384. The summed E-state index contributed by atoms with van der Waals surface area (Å²) < 4.78 is 5.08. The van der Waals surface area contributed by atoms with Gasteiger partial charge in [-0.3, -0.25) is 19.8 Å². The molecule has 0 saturated carbocycles. The Kier molecular flexibility index (Phi) is 4.41. The number of carbonyl (C=O) groups is 2. The second-order valence-corrected chi connectivity index (χ2v) is 6.10. The van der Waals surface area contributed by atoms with E-state index >= 15 is 0 Å². The van der Waals surface area contributed by atoms with Crippen LogP contribution in [0.5, 0.6) is 0 Å². The third kappa shape index (κ3) is 3.01. The van der Waals surface area contributed by atoms with E-state index in [-0.39, 0.29) is 18.1 Å². The van der Waals surface area contributed by atoms with Crippen LogP contribution in [0.25, 0.3) is 0 Å². The average Bonchev–Trinajstić information content (AvgIpc) is 3.14. The number of hydrogen-bond donors (Lipinski definition) is 1. The Bertz CT molecular complexity index is 862. The molecular formula is C16H17N5O5. The maximum Gasteiger partial charge on any atom is 0.325 e. The van der Waals surface area contributed by atoms with Gasteiger partial charge in [-0.2, -0.15) is 4.98 Å². The fourth-order valence-electron chi connectivity index (χ4n) is 2.77. The minimum absolute atomic E-state index is 0.0970. The van der Waals surface area contributed by atoms with Crippen LogP contribution in [-0.4, -0.2) is 31.9 Å². The Balaban J connectivity index is 1.81. The normalized spacial score (nSPS) is 19.7. The third-order valence-corrected chi connectivity index (χ3v) is 4.21. The van der Waals surface area contributed by atoms with E-state index in [1.165, 1.54) is 24.3 Å². The molecule has 2 heterocycles. The number of hydrogen-bond acceptors (Lipinski definition) is 7. The number of carbonyl (C=O) groups excluding carboxylic acids is 2. The fourth-order valence-corrected chi connectivity index (χ4v) is 2.77. The molecule has 10 heteroatoms. The summed E-state index contributed by atoms with van der Waals surface area (Å²) in [5.41, 5.74) is -0.972. The van der Waals surface area contributed by atoms with Crippen molar-refractivity contribution in [2.45, 2.75) is 38.8 Å². The van der Waals surface area contributed by atoms with Gasteiger partial charge in [0.1, 0.15) is 12.1 Å². The number of aromatic nitrogens is 2. The van der Waals surface area contributed by atoms with E-state index in [1.54, 1.807) is 6.92 Å². The van der Waals surface area contributed by atoms with E-state index in [0.717, 1.165) is 11.3 Å². The smallest absolute Gasteiger partial charge is 0.325 e. The molecule has 0 spiro atoms. The molecule has 10 nitrogen and oxygen atoms in total. The molecule has 2 aromatic rings. The van der Waals surface area contributed by atoms with Crippen LogP contribution in [0.15, 0.2) is 28.8 Å². The molecule has 1 aliphatic rings. The van der Waals surface area contributed by atoms with Crippen LogP contribution >= 0.6 is 0 Å². The molecule has 3 rings (SSSR count). The summed E-state index contributed by atoms with van der Waals surface area (Å²) in [4.78, 5) is 40.5. The van der Waals surface area contributed by atoms with Crippen molar-refractivity contribution in [2.75, 3.05) is 0 Å². The first kappa shape index (κ1) is 17.5. The summed E-state index contributed by atoms with van der Waals surface area (Å²) >= 11 is 0. The number of nitro groups is 1. The fraction of sp³-hybridized carbons (Fsp3) is 0.375. The molecule has 3 amide bonds. The first-order valence-corrected chi connectivity index (χ1v) is 8.05. The summed E-state index contributed by atoms with van der Waals surface area (Å²) in [6, 6.07) is 4.89. The Labute approximate surface area is 148 Å². The second kappa shape index (κ2) is 6.54. The van der Waals surface area contributed by atoms with Crippen LogP contribution in [0.4, 0.5) is 10.5 Å². The Morgan fingerprint density at radius 2 is 2.00 bits per heavy atom. The van der Waals surface area contributed by atoms with E-state index in [0.29, 0.717) is 17.8 Å². The Morgan fingerprint density at radius 1 is 1.31 bits per heavy atom. The largest absolute Gasteiger partial charge is 0.337 e. The van der Waals surface area contributed by atoms with E-state index in [4.69, 9.17) is 4.52 Å². The highest BCUT2D eigenvalue weighted by Crippen LogP contribution is 2.30. The van der Waals surface area contributed by atoms with Gasteiger partial charge < -0.3 is 9.84 Å². The Hall–Kier alpha value is -3.30. The van der Waals surface area contributed by atoms with Gasteiger partial charge in [0.25, 0.3) is 11.6 Å². The summed E-state index contributed by atoms with van der Waals surface area (Å²) in [6.07, 6.45) is 1.49. The molecule has 1 aliphatic heterocycles. The number of amides is 3. The molecule has 1 saturated heterocycles. The predicted molar refractivity (Wildman–Crippen MR) is 87.8 cm³/mol. The third-order valence-electron chi connectivity index (χ3n) is 4.21. The number of non-ortho nitro benzene ring substituents is 1. The Morgan fingerprint density at radius 3 is 2.62 bits per heavy atom. The maximum atomic E-state index is 12.8. The molecule has 1 fully saturated rings. The van der Waals surface area contributed by atoms with Crippen molar-refractivity contribution in [2.24, 2.45) is 0 Å². The summed E-state index contributed by atoms with van der Waals surface area (Å²) in [5, 5.41) is 17.2. The van der Waals surface area contributed by atoms with Crippen molar-refractivity contribution in [3.05, 3.63) is 51.7 Å². The van der Waals surface area contributed by atoms with E-state index in [9.17, 15) is 19.7 Å². The van der Waals surface area contributed by atoms with Gasteiger partial charge in [0.15, 0.2) is 5.82 Å². The zero-order valence-corrected chi connectivity index (χ0v) is 14.3. The highest BCUT2D eigenvalue weighted by Gasteiger charge is 2.49. The lowest BCUT2D eigenvalue weighted by Crippen LogP contribution is -2.40. The first-order chi connectivity index (χ1) is 12.3. The zero-order chi connectivity index (χ0) is 18.9. The lowest BCUT2D eigenvalue weighted by atomic mass is 9.92. The van der Waals surface area contributed by atoms with Gasteiger partial charge in [0, 0.05) is 18.6 Å². The number of rotatable bonds is 6. The van der Waals surface area contributed by atoms with Gasteiger partial charge in [0.05, 0.1) is 4.92 Å². The highest BCUT2D eigenvalue weighted by molar-refractivity contribution is 6.07. The molecule has 26 heavy (non-hydrogen) atoms. The van der Waals surface area contributed by atoms with Gasteiger partial charge >= 0.3 is 6.03 Å². The predicted octanol–water partition coefficient (Wildman–Crippen LogP) is 1.90. The number of nitrogens with zero attached hydrogens (tertiary/aromatic N) is 4. The molecule has 0 radical (unpaired) electrons. The van der Waals surface area contributed by atoms with Crippen LogP contribution in [0.3, 0.4) is 0 Å². The minimum atomic E-state index is -1.32. The van der Waals surface area contributed by atoms with Crippen molar-refractivity contribution in [1.29, 1.82) is 0 Å². The highest BCUT2D eigenvalue weighted by atomic mass is 16.6. The zero-order valence-electron chi connectivity index (χ0n) is 14.3. The van der Waals surface area contributed by atoms with Crippen LogP contribution < -0.4 is 5.32 Å². The molecule has 0 aliphatic carbocycles. The monoisotopic (exact) mass is 359 g/mol. The summed E-state index contributed by atoms with van der Waals surface area (Å²) in [5.74, 6) is 0.198. The number of urea groups is 1. The van der Waals surface area contributed by atoms with Gasteiger partial charge in [-0.25, -0.2) is 4.79 Å². The number of aryl methyl sites for hydroxylation is 1. The lowest BCUT2D eigenvalue weighted by Gasteiger charge is -2.21. The average molecular weight is 359 g/mol. The van der Waals surface area contributed by atoms with E-state index in [1.807, 2.05) is 6.92 Å². The van der Waals surface area contributed by atoms with E-state index in [2.05, 4.69) is 15.5 Å². The van der Waals surface area contributed by atoms with Gasteiger partial charge in [0.2, 0.25) is 5.89 Å². The summed E-state index contributed by atoms with van der Waals surface area (Å²) in [6.45, 7) is 3.39. The standard InChI is InChI=1S/C16H17N5O5/c1-3-4-12-17-13(26-19-12)9-20-14(22)16(2,18-15(20)23)10-5-7-11(8-6-10)21(24)25/h5-8H,3-4,9H2,1-2H3,(H,18,23). The molecule has 1 N–H and O–H groups in total. The number of benzene rings is 1. The van der Waals surface area contributed by atoms with Crippen LogP contribution in [0.1, 0.15) is 37.5 Å². The van der Waals surface area contributed by atoms with Crippen LogP contribution in [0.2, 0.25) is 0 Å². The van der Waals surface area contributed by atoms with Crippen molar-refractivity contribution >= 4 is 17.6 Å². The maximum absolute atomic E-state index is 12.8. The number of imide groups is 1. The molecular weight excluding hydrogens is 342 g/mol. The summed E-state index contributed by atoms with van der Waals surface area (Å²) in [7, 11) is 0. The molecule has 1 unspecified atom stereocenters. The van der Waals surface area contributed by atoms with Crippen molar-refractivity contribution in [1.82, 2.24) is 20.4 Å². The second-order valence-electron chi connectivity index (χ2n) is 6.10. The quantitative estimate of drug-likeness (QED) is 0.473. The number of nitro benzene ring substituents is 1. The van der Waals surface area contributed by atoms with E-state index < -0.39 is 22.4 Å². The minimum Gasteiger partial charge on any atom is -0.337 e. The van der Waals surface area contributed by atoms with Crippen molar-refractivity contribution in [3.63, 3.8) is 0 Å². The topological polar surface area (TPSA) is 131 Å². The SMILES string of the molecule is CCCc1noc(CN2C(=O)NC(C)(c3ccc([N+](=O)[O-])cc3)C2=O)n1. The molecule has 1 aromatic carbocycles. The van der Waals surface area contributed by atoms with Gasteiger partial charge in [-0.05, 0) is 31.0 Å². The van der Waals surface area contributed by atoms with Crippen molar-refractivity contribution in [3.8, 4) is 0 Å². The first-order valence-electron chi connectivity index (χ1n) is 8.05. The van der Waals surface area contributed by atoms with Crippen LogP contribution in [0, 0.1) is 10.1 Å². The van der Waals surface area contributed by atoms with Crippen molar-refractivity contribution < 1.29 is 19.0 Å². The number of nitrogens with one attached hydrogen (secondary N) is 1. The van der Waals surface area contributed by atoms with Gasteiger partial charge in [-0.1, -0.05) is 12.1 Å². The van der Waals surface area contributed by atoms with Crippen LogP contribution in [-0.2, 0) is 23.3 Å². The molecule has 1 atom stereocenters. The molecule has 1 aromatic heterocycles.